The Bertz CT molecular complexity index is 319. The van der Waals surface area contributed by atoms with Gasteiger partial charge in [-0.25, -0.2) is 9.37 Å². The lowest BCUT2D eigenvalue weighted by molar-refractivity contribution is 0.282. The average Bonchev–Trinajstić information content (AvgIpc) is 2.51. The molecule has 0 amide bonds. The van der Waals surface area contributed by atoms with Crippen LogP contribution in [0, 0.1) is 0 Å². The van der Waals surface area contributed by atoms with Crippen LogP contribution in [0.25, 0.3) is 0 Å². The molecule has 2 rings (SSSR count). The summed E-state index contributed by atoms with van der Waals surface area (Å²) >= 11 is 3.32. The van der Waals surface area contributed by atoms with E-state index in [9.17, 15) is 4.39 Å². The highest BCUT2D eigenvalue weighted by Gasteiger charge is 2.21. The molecule has 0 aliphatic carbocycles. The molecular weight excluding hydrogens is 247 g/mol. The van der Waals surface area contributed by atoms with Crippen LogP contribution in [-0.2, 0) is 6.54 Å². The summed E-state index contributed by atoms with van der Waals surface area (Å²) in [7, 11) is 0. The van der Waals surface area contributed by atoms with Gasteiger partial charge in [0.25, 0.3) is 0 Å². The van der Waals surface area contributed by atoms with Crippen molar-refractivity contribution < 1.29 is 4.39 Å². The molecule has 0 aromatic carbocycles. The van der Waals surface area contributed by atoms with E-state index < -0.39 is 6.17 Å². The van der Waals surface area contributed by atoms with Gasteiger partial charge in [0.1, 0.15) is 10.8 Å². The number of halogens is 2. The molecule has 0 radical (unpaired) electrons. The number of hydrogen-bond acceptors (Lipinski definition) is 2. The number of hydrogen-bond donors (Lipinski definition) is 0. The monoisotopic (exact) mass is 258 g/mol. The molecule has 4 heteroatoms. The van der Waals surface area contributed by atoms with E-state index >= 15 is 0 Å². The molecule has 0 saturated carbocycles. The number of likely N-dealkylation sites (tertiary alicyclic amines) is 1. The highest BCUT2D eigenvalue weighted by Crippen LogP contribution is 2.16. The van der Waals surface area contributed by atoms with Crippen molar-refractivity contribution in [2.24, 2.45) is 0 Å². The largest absolute Gasteiger partial charge is 0.296 e. The molecule has 0 N–H and O–H groups in total. The van der Waals surface area contributed by atoms with Gasteiger partial charge in [0.15, 0.2) is 0 Å². The molecule has 0 bridgehead atoms. The van der Waals surface area contributed by atoms with E-state index in [1.807, 2.05) is 12.1 Å². The molecule has 14 heavy (non-hydrogen) atoms. The molecule has 76 valence electrons. The molecule has 2 nitrogen and oxygen atoms in total. The van der Waals surface area contributed by atoms with Crippen LogP contribution in [0.2, 0.25) is 0 Å². The third-order valence-corrected chi connectivity index (χ3v) is 2.85. The lowest BCUT2D eigenvalue weighted by Crippen LogP contribution is -2.20. The Hall–Kier alpha value is -0.480. The van der Waals surface area contributed by atoms with Crippen molar-refractivity contribution in [3.05, 3.63) is 28.5 Å². The van der Waals surface area contributed by atoms with Crippen LogP contribution < -0.4 is 0 Å². The highest BCUT2D eigenvalue weighted by molar-refractivity contribution is 9.10. The zero-order chi connectivity index (χ0) is 9.97. The van der Waals surface area contributed by atoms with Crippen LogP contribution >= 0.6 is 15.9 Å². The predicted molar refractivity (Wildman–Crippen MR) is 56.7 cm³/mol. The summed E-state index contributed by atoms with van der Waals surface area (Å²) < 4.78 is 13.7. The third-order valence-electron chi connectivity index (χ3n) is 2.41. The van der Waals surface area contributed by atoms with Gasteiger partial charge < -0.3 is 0 Å². The van der Waals surface area contributed by atoms with Crippen LogP contribution in [-0.4, -0.2) is 29.1 Å². The Labute approximate surface area is 91.3 Å². The van der Waals surface area contributed by atoms with Gasteiger partial charge in [-0.2, -0.15) is 0 Å². The predicted octanol–water partition coefficient (Wildman–Crippen LogP) is 2.39. The second-order valence-electron chi connectivity index (χ2n) is 3.61. The van der Waals surface area contributed by atoms with E-state index in [0.717, 1.165) is 17.7 Å². The lowest BCUT2D eigenvalue weighted by Gasteiger charge is -2.14. The van der Waals surface area contributed by atoms with Crippen molar-refractivity contribution in [2.75, 3.05) is 13.1 Å². The fraction of sp³-hybridized carbons (Fsp3) is 0.500. The molecule has 1 atom stereocenters. The first-order valence-corrected chi connectivity index (χ1v) is 5.50. The van der Waals surface area contributed by atoms with Gasteiger partial charge in [-0.15, -0.1) is 0 Å². The smallest absolute Gasteiger partial charge is 0.114 e. The van der Waals surface area contributed by atoms with Gasteiger partial charge >= 0.3 is 0 Å². The maximum absolute atomic E-state index is 12.9. The maximum atomic E-state index is 12.9. The number of aromatic nitrogens is 1. The minimum Gasteiger partial charge on any atom is -0.296 e. The molecule has 1 aromatic rings. The number of alkyl halides is 1. The van der Waals surface area contributed by atoms with E-state index in [2.05, 4.69) is 25.8 Å². The average molecular weight is 259 g/mol. The van der Waals surface area contributed by atoms with Crippen molar-refractivity contribution in [1.82, 2.24) is 9.88 Å². The molecule has 0 unspecified atom stereocenters. The standard InChI is InChI=1S/C10H12BrFN2/c11-10-5-8(1-3-13-10)6-14-4-2-9(12)7-14/h1,3,5,9H,2,4,6-7H2/t9-/m1/s1. The maximum Gasteiger partial charge on any atom is 0.114 e. The fourth-order valence-corrected chi connectivity index (χ4v) is 2.14. The Kier molecular flexibility index (Phi) is 3.13. The van der Waals surface area contributed by atoms with Crippen LogP contribution in [0.15, 0.2) is 22.9 Å². The molecule has 1 aromatic heterocycles. The second kappa shape index (κ2) is 4.36. The lowest BCUT2D eigenvalue weighted by atomic mass is 10.2. The molecule has 1 aliphatic rings. The Morgan fingerprint density at radius 3 is 3.14 bits per heavy atom. The summed E-state index contributed by atoms with van der Waals surface area (Å²) in [5, 5.41) is 0. The number of nitrogens with zero attached hydrogens (tertiary/aromatic N) is 2. The van der Waals surface area contributed by atoms with E-state index in [-0.39, 0.29) is 0 Å². The van der Waals surface area contributed by atoms with Crippen molar-refractivity contribution in [2.45, 2.75) is 19.1 Å². The molecule has 1 aliphatic heterocycles. The van der Waals surface area contributed by atoms with Crippen LogP contribution in [0.5, 0.6) is 0 Å². The van der Waals surface area contributed by atoms with E-state index in [1.54, 1.807) is 6.20 Å². The zero-order valence-electron chi connectivity index (χ0n) is 7.79. The molecule has 0 spiro atoms. The topological polar surface area (TPSA) is 16.1 Å². The van der Waals surface area contributed by atoms with Crippen molar-refractivity contribution in [3.8, 4) is 0 Å². The van der Waals surface area contributed by atoms with E-state index in [4.69, 9.17) is 0 Å². The summed E-state index contributed by atoms with van der Waals surface area (Å²) in [6.45, 7) is 2.25. The minimum absolute atomic E-state index is 0.569. The number of rotatable bonds is 2. The molecule has 1 saturated heterocycles. The van der Waals surface area contributed by atoms with Crippen molar-refractivity contribution in [3.63, 3.8) is 0 Å². The molecule has 1 fully saturated rings. The summed E-state index contributed by atoms with van der Waals surface area (Å²) in [5.41, 5.74) is 1.18. The van der Waals surface area contributed by atoms with Crippen molar-refractivity contribution >= 4 is 15.9 Å². The quantitative estimate of drug-likeness (QED) is 0.758. The normalized spacial score (nSPS) is 22.9. The van der Waals surface area contributed by atoms with Gasteiger partial charge in [-0.05, 0) is 40.0 Å². The summed E-state index contributed by atoms with van der Waals surface area (Å²) in [6.07, 6.45) is 1.80. The molecular formula is C10H12BrFN2. The zero-order valence-corrected chi connectivity index (χ0v) is 9.37. The van der Waals surface area contributed by atoms with Gasteiger partial charge in [-0.1, -0.05) is 0 Å². The fourth-order valence-electron chi connectivity index (χ4n) is 1.73. The first-order chi connectivity index (χ1) is 6.74. The Morgan fingerprint density at radius 1 is 1.64 bits per heavy atom. The van der Waals surface area contributed by atoms with Crippen LogP contribution in [0.4, 0.5) is 4.39 Å². The second-order valence-corrected chi connectivity index (χ2v) is 4.42. The first kappa shape index (κ1) is 10.1. The van der Waals surface area contributed by atoms with Gasteiger partial charge in [0.2, 0.25) is 0 Å². The summed E-state index contributed by atoms with van der Waals surface area (Å²) in [4.78, 5) is 6.18. The SMILES string of the molecule is F[C@@H]1CCN(Cc2ccnc(Br)c2)C1. The van der Waals surface area contributed by atoms with Gasteiger partial charge in [0, 0.05) is 25.8 Å². The van der Waals surface area contributed by atoms with Gasteiger partial charge in [0.05, 0.1) is 0 Å². The highest BCUT2D eigenvalue weighted by atomic mass is 79.9. The summed E-state index contributed by atoms with van der Waals surface area (Å²) in [5.74, 6) is 0. The van der Waals surface area contributed by atoms with Crippen LogP contribution in [0.1, 0.15) is 12.0 Å². The Morgan fingerprint density at radius 2 is 2.50 bits per heavy atom. The van der Waals surface area contributed by atoms with Gasteiger partial charge in [-0.3, -0.25) is 4.90 Å². The van der Waals surface area contributed by atoms with Crippen molar-refractivity contribution in [1.29, 1.82) is 0 Å². The van der Waals surface area contributed by atoms with E-state index in [0.29, 0.717) is 13.0 Å². The summed E-state index contributed by atoms with van der Waals surface area (Å²) in [6, 6.07) is 3.95. The molecule has 2 heterocycles. The number of pyridine rings is 1. The Balaban J connectivity index is 1.97. The van der Waals surface area contributed by atoms with E-state index in [1.165, 1.54) is 5.56 Å². The third kappa shape index (κ3) is 2.51. The first-order valence-electron chi connectivity index (χ1n) is 4.71. The van der Waals surface area contributed by atoms with Crippen LogP contribution in [0.3, 0.4) is 0 Å². The minimum atomic E-state index is -0.639.